The lowest BCUT2D eigenvalue weighted by atomic mass is 9.83. The molecule has 7 atom stereocenters. The number of fused-ring (bicyclic) bond motifs is 2. The number of thioether (sulfide) groups is 2. The number of ether oxygens (including phenoxy) is 1. The monoisotopic (exact) mass is 635 g/mol. The summed E-state index contributed by atoms with van der Waals surface area (Å²) in [7, 11) is 0. The first-order valence-corrected chi connectivity index (χ1v) is 16.8. The Hall–Kier alpha value is -2.32. The molecule has 236 valence electrons. The number of β-lactam (4-membered cyclic amide) rings is 2. The fourth-order valence-corrected chi connectivity index (χ4v) is 9.94. The zero-order valence-electron chi connectivity index (χ0n) is 24.6. The molecule has 0 spiro atoms. The van der Waals surface area contributed by atoms with E-state index in [9.17, 15) is 34.5 Å². The lowest BCUT2D eigenvalue weighted by Gasteiger charge is -2.44. The number of aliphatic hydroxyl groups is 2. The van der Waals surface area contributed by atoms with Crippen molar-refractivity contribution in [1.29, 1.82) is 0 Å². The first-order chi connectivity index (χ1) is 20.5. The molecule has 4 N–H and O–H groups in total. The molecule has 1 saturated carbocycles. The summed E-state index contributed by atoms with van der Waals surface area (Å²) in [5.74, 6) is -2.79. The van der Waals surface area contributed by atoms with Crippen LogP contribution in [-0.4, -0.2) is 103 Å². The zero-order chi connectivity index (χ0) is 31.0. The van der Waals surface area contributed by atoms with Gasteiger partial charge in [0.15, 0.2) is 0 Å². The molecule has 0 aromatic heterocycles. The van der Waals surface area contributed by atoms with E-state index in [2.05, 4.69) is 11.9 Å². The Morgan fingerprint density at radius 1 is 0.953 bits per heavy atom. The van der Waals surface area contributed by atoms with Gasteiger partial charge in [-0.25, -0.2) is 9.59 Å². The van der Waals surface area contributed by atoms with Gasteiger partial charge in [-0.1, -0.05) is 25.5 Å². The summed E-state index contributed by atoms with van der Waals surface area (Å²) in [6, 6.07) is -0.275. The van der Waals surface area contributed by atoms with Crippen LogP contribution in [0.1, 0.15) is 58.8 Å². The van der Waals surface area contributed by atoms with Gasteiger partial charge in [-0.15, -0.1) is 23.5 Å². The number of nitrogens with one attached hydrogen (secondary N) is 1. The number of esters is 1. The van der Waals surface area contributed by atoms with Crippen molar-refractivity contribution in [2.75, 3.05) is 19.7 Å². The number of carboxylic acids is 1. The maximum absolute atomic E-state index is 12.4. The van der Waals surface area contributed by atoms with E-state index in [-0.39, 0.29) is 36.2 Å². The summed E-state index contributed by atoms with van der Waals surface area (Å²) in [6.07, 6.45) is 7.09. The van der Waals surface area contributed by atoms with E-state index in [1.165, 1.54) is 23.8 Å². The van der Waals surface area contributed by atoms with Gasteiger partial charge in [-0.2, -0.15) is 0 Å². The summed E-state index contributed by atoms with van der Waals surface area (Å²) < 4.78 is 5.18. The van der Waals surface area contributed by atoms with Crippen LogP contribution in [0.15, 0.2) is 33.9 Å². The molecule has 0 bridgehead atoms. The SMILES string of the molecule is C=CCOC(=O)C1=C(SC2CCCC2)C[C@@H]2[C@H](C(C)O)C(=O)N12.CC(O)[C@@H]1C(=O)N2C(C(=O)O)=C(SC3CCNC3)C[C@H]12. The van der Waals surface area contributed by atoms with Gasteiger partial charge < -0.3 is 35.2 Å². The minimum atomic E-state index is -1.04. The number of carboxylic acid groups (broad SMARTS) is 1. The highest BCUT2D eigenvalue weighted by Crippen LogP contribution is 2.50. The van der Waals surface area contributed by atoms with Crippen molar-refractivity contribution in [3.8, 4) is 0 Å². The van der Waals surface area contributed by atoms with E-state index < -0.39 is 36.0 Å². The Labute approximate surface area is 260 Å². The Morgan fingerprint density at radius 2 is 1.49 bits per heavy atom. The molecule has 13 heteroatoms. The third-order valence-electron chi connectivity index (χ3n) is 9.04. The highest BCUT2D eigenvalue weighted by molar-refractivity contribution is 8.04. The molecule has 6 aliphatic rings. The quantitative estimate of drug-likeness (QED) is 0.159. The third kappa shape index (κ3) is 6.15. The minimum Gasteiger partial charge on any atom is -0.477 e. The maximum Gasteiger partial charge on any atom is 0.356 e. The van der Waals surface area contributed by atoms with Crippen molar-refractivity contribution < 1.29 is 39.2 Å². The van der Waals surface area contributed by atoms with E-state index >= 15 is 0 Å². The van der Waals surface area contributed by atoms with Crippen LogP contribution in [0.25, 0.3) is 0 Å². The standard InChI is InChI=1S/C17H23NO4S.C13H18N2O4S/c1-3-8-22-17(21)15-13(23-11-6-4-5-7-11)9-12-14(10(2)19)16(20)18(12)15;1-6(16)10-8-4-9(20-7-2-3-14-5-7)11(13(18)19)15(8)12(10)17/h3,10-12,14,19H,1,4-9H2,2H3;6-8,10,14,16H,2-5H2,1H3,(H,18,19)/t10?,12-,14+;6?,7?,8-,10+/m11/s1. The van der Waals surface area contributed by atoms with Crippen LogP contribution in [0.5, 0.6) is 0 Å². The lowest BCUT2D eigenvalue weighted by molar-refractivity contribution is -0.162. The summed E-state index contributed by atoms with van der Waals surface area (Å²) >= 11 is 3.30. The fraction of sp³-hybridized carbons (Fsp3) is 0.667. The van der Waals surface area contributed by atoms with Crippen LogP contribution in [0, 0.1) is 11.8 Å². The number of aliphatic carboxylic acids is 1. The normalized spacial score (nSPS) is 31.2. The number of carbonyl (C=O) groups is 4. The predicted molar refractivity (Wildman–Crippen MR) is 162 cm³/mol. The summed E-state index contributed by atoms with van der Waals surface area (Å²) in [6.45, 7) is 8.74. The van der Waals surface area contributed by atoms with Crippen molar-refractivity contribution in [2.45, 2.75) is 93.6 Å². The van der Waals surface area contributed by atoms with Gasteiger partial charge >= 0.3 is 11.9 Å². The first kappa shape index (κ1) is 32.1. The van der Waals surface area contributed by atoms with Crippen molar-refractivity contribution in [1.82, 2.24) is 15.1 Å². The Kier molecular flexibility index (Phi) is 9.96. The van der Waals surface area contributed by atoms with Crippen LogP contribution >= 0.6 is 23.5 Å². The van der Waals surface area contributed by atoms with Crippen LogP contribution < -0.4 is 5.32 Å². The number of hydrogen-bond acceptors (Lipinski definition) is 10. The van der Waals surface area contributed by atoms with Crippen molar-refractivity contribution in [3.63, 3.8) is 0 Å². The van der Waals surface area contributed by atoms with Crippen LogP contribution in [0.4, 0.5) is 0 Å². The molecule has 5 heterocycles. The van der Waals surface area contributed by atoms with E-state index in [1.807, 2.05) is 0 Å². The number of aliphatic hydroxyl groups excluding tert-OH is 2. The van der Waals surface area contributed by atoms with E-state index in [0.717, 1.165) is 42.2 Å². The number of amides is 2. The van der Waals surface area contributed by atoms with Crippen molar-refractivity contribution in [3.05, 3.63) is 33.9 Å². The highest BCUT2D eigenvalue weighted by atomic mass is 32.2. The van der Waals surface area contributed by atoms with E-state index in [4.69, 9.17) is 4.74 Å². The molecule has 3 saturated heterocycles. The third-order valence-corrected chi connectivity index (χ3v) is 11.9. The van der Waals surface area contributed by atoms with Crippen molar-refractivity contribution in [2.24, 2.45) is 11.8 Å². The van der Waals surface area contributed by atoms with Gasteiger partial charge in [-0.05, 0) is 39.7 Å². The van der Waals surface area contributed by atoms with Crippen molar-refractivity contribution >= 4 is 47.3 Å². The topological polar surface area (TPSA) is 157 Å². The maximum atomic E-state index is 12.4. The first-order valence-electron chi connectivity index (χ1n) is 15.1. The van der Waals surface area contributed by atoms with Gasteiger partial charge in [0, 0.05) is 39.7 Å². The molecular weight excluding hydrogens is 594 g/mol. The molecule has 2 amide bonds. The molecule has 4 fully saturated rings. The molecule has 43 heavy (non-hydrogen) atoms. The Bertz CT molecular complexity index is 1220. The molecule has 11 nitrogen and oxygen atoms in total. The number of nitrogens with zero attached hydrogens (tertiary/aromatic N) is 2. The Morgan fingerprint density at radius 3 is 1.98 bits per heavy atom. The molecule has 0 aromatic rings. The van der Waals surface area contributed by atoms with Gasteiger partial charge in [0.2, 0.25) is 11.8 Å². The average Bonchev–Trinajstić information content (AvgIpc) is 3.74. The van der Waals surface area contributed by atoms with Crippen LogP contribution in [-0.2, 0) is 23.9 Å². The predicted octanol–water partition coefficient (Wildman–Crippen LogP) is 2.20. The van der Waals surface area contributed by atoms with Gasteiger partial charge in [-0.3, -0.25) is 9.59 Å². The minimum absolute atomic E-state index is 0.0994. The van der Waals surface area contributed by atoms with Gasteiger partial charge in [0.25, 0.3) is 0 Å². The molecular formula is C30H41N3O8S2. The molecule has 0 aromatic carbocycles. The lowest BCUT2D eigenvalue weighted by Crippen LogP contribution is -2.61. The van der Waals surface area contributed by atoms with E-state index in [1.54, 1.807) is 42.3 Å². The smallest absolute Gasteiger partial charge is 0.356 e. The van der Waals surface area contributed by atoms with E-state index in [0.29, 0.717) is 29.0 Å². The summed E-state index contributed by atoms with van der Waals surface area (Å²) in [5.41, 5.74) is 0.532. The highest BCUT2D eigenvalue weighted by Gasteiger charge is 2.58. The Balaban J connectivity index is 0.000000173. The van der Waals surface area contributed by atoms with Gasteiger partial charge in [0.05, 0.1) is 36.1 Å². The number of hydrogen-bond donors (Lipinski definition) is 4. The second kappa shape index (κ2) is 13.4. The molecule has 0 radical (unpaired) electrons. The van der Waals surface area contributed by atoms with Crippen LogP contribution in [0.3, 0.4) is 0 Å². The summed E-state index contributed by atoms with van der Waals surface area (Å²) in [5, 5.41) is 33.0. The molecule has 5 aliphatic heterocycles. The largest absolute Gasteiger partial charge is 0.477 e. The number of rotatable bonds is 10. The second-order valence-corrected chi connectivity index (χ2v) is 14.8. The zero-order valence-corrected chi connectivity index (χ0v) is 26.2. The second-order valence-electron chi connectivity index (χ2n) is 12.0. The van der Waals surface area contributed by atoms with Crippen LogP contribution in [0.2, 0.25) is 0 Å². The molecule has 3 unspecified atom stereocenters. The molecule has 1 aliphatic carbocycles. The average molecular weight is 636 g/mol. The number of carbonyl (C=O) groups excluding carboxylic acids is 3. The fourth-order valence-electron chi connectivity index (χ4n) is 7.00. The summed E-state index contributed by atoms with van der Waals surface area (Å²) in [4.78, 5) is 52.9. The van der Waals surface area contributed by atoms with Gasteiger partial charge in [0.1, 0.15) is 18.0 Å². The molecule has 6 rings (SSSR count).